The van der Waals surface area contributed by atoms with E-state index in [1.165, 1.54) is 24.8 Å². The van der Waals surface area contributed by atoms with Crippen LogP contribution in [-0.2, 0) is 0 Å². The van der Waals surface area contributed by atoms with Crippen LogP contribution in [0.3, 0.4) is 0 Å². The third-order valence-corrected chi connectivity index (χ3v) is 4.47. The summed E-state index contributed by atoms with van der Waals surface area (Å²) in [5.74, 6) is 0.635. The fraction of sp³-hybridized carbons (Fsp3) is 0.611. The van der Waals surface area contributed by atoms with Gasteiger partial charge in [0.1, 0.15) is 0 Å². The second kappa shape index (κ2) is 7.60. The van der Waals surface area contributed by atoms with Crippen LogP contribution in [0.25, 0.3) is 0 Å². The lowest BCUT2D eigenvalue weighted by Gasteiger charge is -2.34. The maximum atomic E-state index is 12.8. The Morgan fingerprint density at radius 2 is 1.81 bits per heavy atom. The molecule has 0 saturated heterocycles. The van der Waals surface area contributed by atoms with Gasteiger partial charge in [0.2, 0.25) is 0 Å². The van der Waals surface area contributed by atoms with Crippen LogP contribution in [-0.4, -0.2) is 29.9 Å². The van der Waals surface area contributed by atoms with Crippen molar-refractivity contribution in [1.82, 2.24) is 4.90 Å². The van der Waals surface area contributed by atoms with Gasteiger partial charge in [0, 0.05) is 24.7 Å². The van der Waals surface area contributed by atoms with Crippen LogP contribution >= 0.6 is 0 Å². The second-order valence-corrected chi connectivity index (χ2v) is 6.36. The topological polar surface area (TPSA) is 46.3 Å². The van der Waals surface area contributed by atoms with Crippen LogP contribution in [0.15, 0.2) is 24.3 Å². The van der Waals surface area contributed by atoms with E-state index in [0.717, 1.165) is 18.4 Å². The van der Waals surface area contributed by atoms with Gasteiger partial charge in [0.25, 0.3) is 5.91 Å². The zero-order valence-electron chi connectivity index (χ0n) is 13.3. The van der Waals surface area contributed by atoms with E-state index >= 15 is 0 Å². The van der Waals surface area contributed by atoms with E-state index in [1.54, 1.807) is 0 Å². The summed E-state index contributed by atoms with van der Waals surface area (Å²) in [6.45, 7) is 5.53. The van der Waals surface area contributed by atoms with Gasteiger partial charge in [0.05, 0.1) is 0 Å². The molecule has 1 aliphatic carbocycles. The van der Waals surface area contributed by atoms with Gasteiger partial charge in [-0.3, -0.25) is 4.79 Å². The van der Waals surface area contributed by atoms with E-state index in [1.807, 2.05) is 17.0 Å². The van der Waals surface area contributed by atoms with E-state index in [-0.39, 0.29) is 5.91 Å². The lowest BCUT2D eigenvalue weighted by atomic mass is 9.93. The van der Waals surface area contributed by atoms with E-state index in [9.17, 15) is 4.79 Å². The number of hydrogen-bond donors (Lipinski definition) is 1. The lowest BCUT2D eigenvalue weighted by Crippen LogP contribution is -2.44. The summed E-state index contributed by atoms with van der Waals surface area (Å²) in [6.07, 6.45) is 5.99. The van der Waals surface area contributed by atoms with Gasteiger partial charge in [-0.25, -0.2) is 0 Å². The molecule has 1 saturated carbocycles. The molecule has 0 unspecified atom stereocenters. The Labute approximate surface area is 128 Å². The number of carbonyl (C=O) groups is 1. The second-order valence-electron chi connectivity index (χ2n) is 6.36. The van der Waals surface area contributed by atoms with Crippen LogP contribution in [0.5, 0.6) is 0 Å². The molecule has 0 atom stereocenters. The van der Waals surface area contributed by atoms with E-state index in [0.29, 0.717) is 25.0 Å². The van der Waals surface area contributed by atoms with Gasteiger partial charge in [-0.1, -0.05) is 45.2 Å². The van der Waals surface area contributed by atoms with Gasteiger partial charge in [-0.05, 0) is 36.5 Å². The summed E-state index contributed by atoms with van der Waals surface area (Å²) in [6, 6.07) is 8.44. The Balaban J connectivity index is 2.13. The number of carbonyl (C=O) groups excluding carboxylic acids is 1. The highest BCUT2D eigenvalue weighted by Gasteiger charge is 2.25. The molecular formula is C18H28N2O. The monoisotopic (exact) mass is 288 g/mol. The Hall–Kier alpha value is -1.35. The van der Waals surface area contributed by atoms with Crippen molar-refractivity contribution < 1.29 is 4.79 Å². The number of rotatable bonds is 5. The van der Waals surface area contributed by atoms with Crippen LogP contribution in [0.2, 0.25) is 0 Å². The Bertz CT molecular complexity index is 447. The average molecular weight is 288 g/mol. The van der Waals surface area contributed by atoms with Crippen molar-refractivity contribution >= 4 is 5.91 Å². The first-order valence-electron chi connectivity index (χ1n) is 8.24. The Morgan fingerprint density at radius 1 is 1.19 bits per heavy atom. The molecule has 0 heterocycles. The molecular weight excluding hydrogens is 260 g/mol. The highest BCUT2D eigenvalue weighted by Crippen LogP contribution is 2.24. The van der Waals surface area contributed by atoms with Crippen molar-refractivity contribution in [2.24, 2.45) is 5.73 Å². The molecule has 0 radical (unpaired) electrons. The predicted molar refractivity (Wildman–Crippen MR) is 87.5 cm³/mol. The minimum absolute atomic E-state index is 0.141. The summed E-state index contributed by atoms with van der Waals surface area (Å²) >= 11 is 0. The minimum Gasteiger partial charge on any atom is -0.334 e. The quantitative estimate of drug-likeness (QED) is 0.900. The first-order chi connectivity index (χ1) is 10.1. The normalized spacial score (nSPS) is 16.2. The number of benzene rings is 1. The van der Waals surface area contributed by atoms with Gasteiger partial charge in [-0.2, -0.15) is 0 Å². The summed E-state index contributed by atoms with van der Waals surface area (Å²) in [7, 11) is 0. The van der Waals surface area contributed by atoms with E-state index in [4.69, 9.17) is 5.73 Å². The molecule has 3 nitrogen and oxygen atoms in total. The summed E-state index contributed by atoms with van der Waals surface area (Å²) in [5, 5.41) is 0. The summed E-state index contributed by atoms with van der Waals surface area (Å²) < 4.78 is 0. The van der Waals surface area contributed by atoms with Crippen LogP contribution in [0.4, 0.5) is 0 Å². The van der Waals surface area contributed by atoms with Crippen LogP contribution in [0.1, 0.15) is 67.8 Å². The molecule has 1 aliphatic rings. The first-order valence-corrected chi connectivity index (χ1v) is 8.24. The van der Waals surface area contributed by atoms with Gasteiger partial charge in [0.15, 0.2) is 0 Å². The van der Waals surface area contributed by atoms with Crippen molar-refractivity contribution in [2.75, 3.05) is 13.1 Å². The fourth-order valence-corrected chi connectivity index (χ4v) is 3.16. The standard InChI is InChI=1S/C18H28N2O/c1-14(2)15-8-10-16(11-9-15)18(21)20(13-12-19)17-6-4-3-5-7-17/h8-11,14,17H,3-7,12-13,19H2,1-2H3. The third kappa shape index (κ3) is 4.07. The maximum Gasteiger partial charge on any atom is 0.254 e. The number of amides is 1. The van der Waals surface area contributed by atoms with Crippen molar-refractivity contribution in [3.8, 4) is 0 Å². The van der Waals surface area contributed by atoms with Crippen molar-refractivity contribution in [2.45, 2.75) is 57.9 Å². The highest BCUT2D eigenvalue weighted by molar-refractivity contribution is 5.94. The molecule has 0 spiro atoms. The van der Waals surface area contributed by atoms with Crippen molar-refractivity contribution in [3.63, 3.8) is 0 Å². The molecule has 2 N–H and O–H groups in total. The number of nitrogens with two attached hydrogens (primary N) is 1. The minimum atomic E-state index is 0.141. The molecule has 1 amide bonds. The summed E-state index contributed by atoms with van der Waals surface area (Å²) in [5.41, 5.74) is 7.78. The van der Waals surface area contributed by atoms with E-state index < -0.39 is 0 Å². The smallest absolute Gasteiger partial charge is 0.254 e. The lowest BCUT2D eigenvalue weighted by molar-refractivity contribution is 0.0641. The fourth-order valence-electron chi connectivity index (χ4n) is 3.16. The molecule has 116 valence electrons. The number of hydrogen-bond acceptors (Lipinski definition) is 2. The molecule has 0 aliphatic heterocycles. The first kappa shape index (κ1) is 16.0. The van der Waals surface area contributed by atoms with Gasteiger partial charge in [-0.15, -0.1) is 0 Å². The largest absolute Gasteiger partial charge is 0.334 e. The molecule has 0 bridgehead atoms. The molecule has 1 fully saturated rings. The average Bonchev–Trinajstić information content (AvgIpc) is 2.53. The van der Waals surface area contributed by atoms with Gasteiger partial charge < -0.3 is 10.6 Å². The van der Waals surface area contributed by atoms with Crippen LogP contribution < -0.4 is 5.73 Å². The highest BCUT2D eigenvalue weighted by atomic mass is 16.2. The molecule has 21 heavy (non-hydrogen) atoms. The third-order valence-electron chi connectivity index (χ3n) is 4.47. The van der Waals surface area contributed by atoms with Crippen molar-refractivity contribution in [1.29, 1.82) is 0 Å². The predicted octanol–water partition coefficient (Wildman–Crippen LogP) is 3.54. The van der Waals surface area contributed by atoms with Crippen LogP contribution in [0, 0.1) is 0 Å². The molecule has 3 heteroatoms. The number of nitrogens with zero attached hydrogens (tertiary/aromatic N) is 1. The SMILES string of the molecule is CC(C)c1ccc(C(=O)N(CCN)C2CCCCC2)cc1. The Morgan fingerprint density at radius 3 is 2.33 bits per heavy atom. The summed E-state index contributed by atoms with van der Waals surface area (Å²) in [4.78, 5) is 14.8. The molecule has 1 aromatic rings. The molecule has 2 rings (SSSR count). The maximum absolute atomic E-state index is 12.8. The zero-order valence-corrected chi connectivity index (χ0v) is 13.3. The van der Waals surface area contributed by atoms with Crippen molar-refractivity contribution in [3.05, 3.63) is 35.4 Å². The zero-order chi connectivity index (χ0) is 15.2. The van der Waals surface area contributed by atoms with E-state index in [2.05, 4.69) is 26.0 Å². The molecule has 0 aromatic heterocycles. The molecule has 1 aromatic carbocycles. The Kier molecular flexibility index (Phi) is 5.80. The van der Waals surface area contributed by atoms with Gasteiger partial charge >= 0.3 is 0 Å².